The summed E-state index contributed by atoms with van der Waals surface area (Å²) in [6.45, 7) is 5.91. The lowest BCUT2D eigenvalue weighted by molar-refractivity contribution is -0.141. The third-order valence-corrected chi connectivity index (χ3v) is 3.42. The van der Waals surface area contributed by atoms with Crippen molar-refractivity contribution in [3.8, 4) is 0 Å². The number of carbonyl (C=O) groups excluding carboxylic acids is 1. The Labute approximate surface area is 111 Å². The molecule has 1 atom stereocenters. The Kier molecular flexibility index (Phi) is 8.01. The first-order valence-electron chi connectivity index (χ1n) is 7.17. The minimum atomic E-state index is -0.122. The SMILES string of the molecule is CCCCCN(CCC(=O)OC)CC1CCCO1. The van der Waals surface area contributed by atoms with Crippen LogP contribution in [0.3, 0.4) is 0 Å². The summed E-state index contributed by atoms with van der Waals surface area (Å²) in [6, 6.07) is 0. The van der Waals surface area contributed by atoms with Gasteiger partial charge in [0.2, 0.25) is 0 Å². The van der Waals surface area contributed by atoms with Gasteiger partial charge in [0.25, 0.3) is 0 Å². The van der Waals surface area contributed by atoms with Crippen LogP contribution in [-0.2, 0) is 14.3 Å². The van der Waals surface area contributed by atoms with Gasteiger partial charge in [-0.05, 0) is 25.8 Å². The highest BCUT2D eigenvalue weighted by Gasteiger charge is 2.19. The van der Waals surface area contributed by atoms with Crippen LogP contribution in [0.25, 0.3) is 0 Å². The zero-order valence-electron chi connectivity index (χ0n) is 11.8. The topological polar surface area (TPSA) is 38.8 Å². The number of nitrogens with zero attached hydrogens (tertiary/aromatic N) is 1. The van der Waals surface area contributed by atoms with Crippen molar-refractivity contribution >= 4 is 5.97 Å². The van der Waals surface area contributed by atoms with Crippen LogP contribution in [0.4, 0.5) is 0 Å². The number of carbonyl (C=O) groups is 1. The molecule has 106 valence electrons. The van der Waals surface area contributed by atoms with E-state index in [0.717, 1.165) is 32.7 Å². The maximum Gasteiger partial charge on any atom is 0.306 e. The molecule has 1 fully saturated rings. The summed E-state index contributed by atoms with van der Waals surface area (Å²) in [6.07, 6.45) is 6.85. The number of unbranched alkanes of at least 4 members (excludes halogenated alkanes) is 2. The minimum absolute atomic E-state index is 0.122. The van der Waals surface area contributed by atoms with Crippen molar-refractivity contribution in [3.05, 3.63) is 0 Å². The number of hydrogen-bond donors (Lipinski definition) is 0. The first-order valence-corrected chi connectivity index (χ1v) is 7.17. The Morgan fingerprint density at radius 3 is 2.83 bits per heavy atom. The molecule has 1 aliphatic rings. The summed E-state index contributed by atoms with van der Waals surface area (Å²) >= 11 is 0. The summed E-state index contributed by atoms with van der Waals surface area (Å²) in [7, 11) is 1.45. The van der Waals surface area contributed by atoms with Gasteiger partial charge >= 0.3 is 5.97 Å². The van der Waals surface area contributed by atoms with E-state index in [1.165, 1.54) is 32.8 Å². The molecule has 1 saturated heterocycles. The fraction of sp³-hybridized carbons (Fsp3) is 0.929. The van der Waals surface area contributed by atoms with E-state index < -0.39 is 0 Å². The fourth-order valence-corrected chi connectivity index (χ4v) is 2.31. The average molecular weight is 257 g/mol. The highest BCUT2D eigenvalue weighted by Crippen LogP contribution is 2.14. The van der Waals surface area contributed by atoms with Gasteiger partial charge in [-0.1, -0.05) is 19.8 Å². The van der Waals surface area contributed by atoms with Crippen molar-refractivity contribution in [1.82, 2.24) is 4.90 Å². The fourth-order valence-electron chi connectivity index (χ4n) is 2.31. The summed E-state index contributed by atoms with van der Waals surface area (Å²) < 4.78 is 10.4. The second-order valence-electron chi connectivity index (χ2n) is 4.97. The van der Waals surface area contributed by atoms with E-state index in [0.29, 0.717) is 12.5 Å². The third-order valence-electron chi connectivity index (χ3n) is 3.42. The summed E-state index contributed by atoms with van der Waals surface area (Å²) in [5, 5.41) is 0. The van der Waals surface area contributed by atoms with E-state index in [1.807, 2.05) is 0 Å². The zero-order chi connectivity index (χ0) is 13.2. The van der Waals surface area contributed by atoms with E-state index in [9.17, 15) is 4.79 Å². The van der Waals surface area contributed by atoms with Crippen LogP contribution < -0.4 is 0 Å². The Bertz CT molecular complexity index is 227. The molecule has 1 aliphatic heterocycles. The number of methoxy groups -OCH3 is 1. The first-order chi connectivity index (χ1) is 8.76. The molecular weight excluding hydrogens is 230 g/mol. The molecule has 1 heterocycles. The van der Waals surface area contributed by atoms with Crippen molar-refractivity contribution in [2.24, 2.45) is 0 Å². The molecule has 0 N–H and O–H groups in total. The smallest absolute Gasteiger partial charge is 0.306 e. The predicted octanol–water partition coefficient (Wildman–Crippen LogP) is 2.22. The van der Waals surface area contributed by atoms with Gasteiger partial charge in [0.15, 0.2) is 0 Å². The van der Waals surface area contributed by atoms with Gasteiger partial charge in [0, 0.05) is 19.7 Å². The lowest BCUT2D eigenvalue weighted by Crippen LogP contribution is -2.34. The Balaban J connectivity index is 2.27. The van der Waals surface area contributed by atoms with E-state index in [1.54, 1.807) is 0 Å². The zero-order valence-corrected chi connectivity index (χ0v) is 11.8. The predicted molar refractivity (Wildman–Crippen MR) is 71.6 cm³/mol. The maximum absolute atomic E-state index is 11.2. The molecule has 1 unspecified atom stereocenters. The third kappa shape index (κ3) is 6.36. The van der Waals surface area contributed by atoms with Crippen LogP contribution in [0.5, 0.6) is 0 Å². The summed E-state index contributed by atoms with van der Waals surface area (Å²) in [5.41, 5.74) is 0. The van der Waals surface area contributed by atoms with Crippen molar-refractivity contribution < 1.29 is 14.3 Å². The second kappa shape index (κ2) is 9.34. The van der Waals surface area contributed by atoms with Crippen molar-refractivity contribution in [2.75, 3.05) is 33.4 Å². The quantitative estimate of drug-likeness (QED) is 0.469. The largest absolute Gasteiger partial charge is 0.469 e. The van der Waals surface area contributed by atoms with Gasteiger partial charge in [-0.15, -0.1) is 0 Å². The van der Waals surface area contributed by atoms with E-state index in [2.05, 4.69) is 11.8 Å². The molecule has 0 aliphatic carbocycles. The normalized spacial score (nSPS) is 19.4. The van der Waals surface area contributed by atoms with Crippen LogP contribution in [0, 0.1) is 0 Å². The van der Waals surface area contributed by atoms with Crippen molar-refractivity contribution in [2.45, 2.75) is 51.6 Å². The Morgan fingerprint density at radius 2 is 2.22 bits per heavy atom. The molecule has 18 heavy (non-hydrogen) atoms. The highest BCUT2D eigenvalue weighted by molar-refractivity contribution is 5.69. The molecule has 4 nitrogen and oxygen atoms in total. The number of ether oxygens (including phenoxy) is 2. The minimum Gasteiger partial charge on any atom is -0.469 e. The second-order valence-corrected chi connectivity index (χ2v) is 4.97. The van der Waals surface area contributed by atoms with Crippen LogP contribution in [0.2, 0.25) is 0 Å². The highest BCUT2D eigenvalue weighted by atomic mass is 16.5. The van der Waals surface area contributed by atoms with Gasteiger partial charge in [-0.25, -0.2) is 0 Å². The van der Waals surface area contributed by atoms with E-state index >= 15 is 0 Å². The molecule has 0 amide bonds. The van der Waals surface area contributed by atoms with Crippen molar-refractivity contribution in [1.29, 1.82) is 0 Å². The van der Waals surface area contributed by atoms with Gasteiger partial charge in [0.05, 0.1) is 19.6 Å². The standard InChI is InChI=1S/C14H27NO3/c1-3-4-5-9-15(10-8-14(16)17-2)12-13-7-6-11-18-13/h13H,3-12H2,1-2H3. The molecule has 0 radical (unpaired) electrons. The molecule has 0 aromatic rings. The Morgan fingerprint density at radius 1 is 1.39 bits per heavy atom. The van der Waals surface area contributed by atoms with Crippen LogP contribution in [0.15, 0.2) is 0 Å². The monoisotopic (exact) mass is 257 g/mol. The molecular formula is C14H27NO3. The van der Waals surface area contributed by atoms with Gasteiger partial charge in [-0.2, -0.15) is 0 Å². The first kappa shape index (κ1) is 15.4. The van der Waals surface area contributed by atoms with Crippen LogP contribution in [0.1, 0.15) is 45.4 Å². The number of rotatable bonds is 9. The lowest BCUT2D eigenvalue weighted by Gasteiger charge is -2.24. The number of esters is 1. The van der Waals surface area contributed by atoms with E-state index in [-0.39, 0.29) is 5.97 Å². The Hall–Kier alpha value is -0.610. The van der Waals surface area contributed by atoms with Gasteiger partial charge < -0.3 is 14.4 Å². The molecule has 0 spiro atoms. The number of hydrogen-bond acceptors (Lipinski definition) is 4. The molecule has 0 aromatic heterocycles. The molecule has 0 bridgehead atoms. The van der Waals surface area contributed by atoms with E-state index in [4.69, 9.17) is 9.47 Å². The molecule has 1 rings (SSSR count). The van der Waals surface area contributed by atoms with Gasteiger partial charge in [-0.3, -0.25) is 4.79 Å². The van der Waals surface area contributed by atoms with Crippen LogP contribution in [-0.4, -0.2) is 50.3 Å². The van der Waals surface area contributed by atoms with Crippen LogP contribution >= 0.6 is 0 Å². The summed E-state index contributed by atoms with van der Waals surface area (Å²) in [5.74, 6) is -0.122. The van der Waals surface area contributed by atoms with Gasteiger partial charge in [0.1, 0.15) is 0 Å². The average Bonchev–Trinajstić information content (AvgIpc) is 2.88. The molecule has 4 heteroatoms. The van der Waals surface area contributed by atoms with Crippen molar-refractivity contribution in [3.63, 3.8) is 0 Å². The summed E-state index contributed by atoms with van der Waals surface area (Å²) in [4.78, 5) is 13.6. The molecule has 0 aromatic carbocycles. The molecule has 0 saturated carbocycles. The maximum atomic E-state index is 11.2. The lowest BCUT2D eigenvalue weighted by atomic mass is 10.2.